The quantitative estimate of drug-likeness (QED) is 0.938. The normalized spacial score (nSPS) is 15.1. The van der Waals surface area contributed by atoms with Gasteiger partial charge in [0.15, 0.2) is 16.6 Å². The lowest BCUT2D eigenvalue weighted by Crippen LogP contribution is -2.26. The first-order valence-corrected chi connectivity index (χ1v) is 7.03. The zero-order chi connectivity index (χ0) is 14.1. The van der Waals surface area contributed by atoms with E-state index in [0.717, 1.165) is 16.0 Å². The molecule has 1 aliphatic heterocycles. The highest BCUT2D eigenvalue weighted by atomic mass is 32.1. The third-order valence-electron chi connectivity index (χ3n) is 3.01. The van der Waals surface area contributed by atoms with Gasteiger partial charge >= 0.3 is 0 Å². The van der Waals surface area contributed by atoms with Crippen molar-refractivity contribution in [3.8, 4) is 11.5 Å². The Morgan fingerprint density at radius 3 is 2.80 bits per heavy atom. The smallest absolute Gasteiger partial charge is 0.254 e. The third kappa shape index (κ3) is 2.41. The van der Waals surface area contributed by atoms with Crippen molar-refractivity contribution in [1.82, 2.24) is 4.98 Å². The Bertz CT molecular complexity index is 612. The van der Waals surface area contributed by atoms with Crippen molar-refractivity contribution in [3.63, 3.8) is 0 Å². The highest BCUT2D eigenvalue weighted by Gasteiger charge is 2.17. The monoisotopic (exact) mass is 294 g/mol. The highest BCUT2D eigenvalue weighted by molar-refractivity contribution is 7.22. The minimum absolute atomic E-state index is 0.219. The van der Waals surface area contributed by atoms with Crippen molar-refractivity contribution in [3.05, 3.63) is 12.1 Å². The van der Waals surface area contributed by atoms with Crippen LogP contribution in [0.1, 0.15) is 6.92 Å². The van der Waals surface area contributed by atoms with Crippen molar-refractivity contribution in [2.24, 2.45) is 0 Å². The Kier molecular flexibility index (Phi) is 3.45. The molecule has 2 aromatic rings. The number of hydrogen-bond donors (Lipinski definition) is 1. The van der Waals surface area contributed by atoms with Crippen molar-refractivity contribution >= 4 is 32.6 Å². The largest absolute Gasteiger partial charge is 0.486 e. The van der Waals surface area contributed by atoms with E-state index in [1.807, 2.05) is 12.1 Å². The standard InChI is InChI=1S/C13H14N2O4S/c1-7(17-2)12(16)15-13-14-8-5-9-10(6-11(8)20-13)19-4-3-18-9/h5-7H,3-4H2,1-2H3,(H,14,15,16)/t7-/m1/s1. The zero-order valence-corrected chi connectivity index (χ0v) is 12.0. The van der Waals surface area contributed by atoms with Gasteiger partial charge in [-0.3, -0.25) is 10.1 Å². The molecule has 1 aliphatic rings. The maximum Gasteiger partial charge on any atom is 0.254 e. The number of thiazole rings is 1. The van der Waals surface area contributed by atoms with E-state index in [9.17, 15) is 4.79 Å². The molecule has 2 heterocycles. The minimum atomic E-state index is -0.512. The Balaban J connectivity index is 1.89. The first kappa shape index (κ1) is 13.1. The van der Waals surface area contributed by atoms with E-state index >= 15 is 0 Å². The number of carbonyl (C=O) groups excluding carboxylic acids is 1. The van der Waals surface area contributed by atoms with Crippen LogP contribution >= 0.6 is 11.3 Å². The summed E-state index contributed by atoms with van der Waals surface area (Å²) in [5.74, 6) is 1.19. The molecular formula is C13H14N2O4S. The number of ether oxygens (including phenoxy) is 3. The molecule has 0 radical (unpaired) electrons. The van der Waals surface area contributed by atoms with Gasteiger partial charge in [-0.15, -0.1) is 0 Å². The van der Waals surface area contributed by atoms with Crippen LogP contribution in [0.5, 0.6) is 11.5 Å². The lowest BCUT2D eigenvalue weighted by molar-refractivity contribution is -0.124. The molecule has 6 nitrogen and oxygen atoms in total. The number of fused-ring (bicyclic) bond motifs is 2. The Hall–Kier alpha value is -1.86. The SMILES string of the molecule is CO[C@H](C)C(=O)Nc1nc2cc3c(cc2s1)OCCO3. The summed E-state index contributed by atoms with van der Waals surface area (Å²) >= 11 is 1.39. The number of nitrogens with one attached hydrogen (secondary N) is 1. The topological polar surface area (TPSA) is 69.7 Å². The molecule has 1 aromatic heterocycles. The molecule has 1 atom stereocenters. The van der Waals surface area contributed by atoms with Crippen LogP contribution in [0.2, 0.25) is 0 Å². The van der Waals surface area contributed by atoms with Crippen molar-refractivity contribution in [1.29, 1.82) is 0 Å². The number of hydrogen-bond acceptors (Lipinski definition) is 6. The number of carbonyl (C=O) groups is 1. The number of amides is 1. The molecule has 0 unspecified atom stereocenters. The molecule has 3 rings (SSSR count). The molecule has 7 heteroatoms. The molecule has 20 heavy (non-hydrogen) atoms. The molecular weight excluding hydrogens is 280 g/mol. The lowest BCUT2D eigenvalue weighted by Gasteiger charge is -2.17. The zero-order valence-electron chi connectivity index (χ0n) is 11.1. The number of methoxy groups -OCH3 is 1. The Labute approximate surface area is 119 Å². The number of rotatable bonds is 3. The predicted octanol–water partition coefficient (Wildman–Crippen LogP) is 2.04. The molecule has 0 spiro atoms. The molecule has 0 bridgehead atoms. The van der Waals surface area contributed by atoms with Gasteiger partial charge in [0.2, 0.25) is 0 Å². The van der Waals surface area contributed by atoms with E-state index in [1.165, 1.54) is 18.4 Å². The van der Waals surface area contributed by atoms with Crippen LogP contribution in [0.4, 0.5) is 5.13 Å². The average Bonchev–Trinajstić information content (AvgIpc) is 2.84. The summed E-state index contributed by atoms with van der Waals surface area (Å²) in [6, 6.07) is 3.71. The van der Waals surface area contributed by atoms with Crippen LogP contribution in [0.15, 0.2) is 12.1 Å². The fourth-order valence-electron chi connectivity index (χ4n) is 1.83. The van der Waals surface area contributed by atoms with Gasteiger partial charge in [0.25, 0.3) is 5.91 Å². The Morgan fingerprint density at radius 1 is 1.40 bits per heavy atom. The molecule has 0 saturated carbocycles. The fourth-order valence-corrected chi connectivity index (χ4v) is 2.71. The van der Waals surface area contributed by atoms with Gasteiger partial charge in [-0.25, -0.2) is 4.98 Å². The van der Waals surface area contributed by atoms with Crippen LogP contribution in [0, 0.1) is 0 Å². The number of nitrogens with zero attached hydrogens (tertiary/aromatic N) is 1. The average molecular weight is 294 g/mol. The highest BCUT2D eigenvalue weighted by Crippen LogP contribution is 2.37. The molecule has 106 valence electrons. The third-order valence-corrected chi connectivity index (χ3v) is 3.94. The maximum atomic E-state index is 11.8. The maximum absolute atomic E-state index is 11.8. The summed E-state index contributed by atoms with van der Waals surface area (Å²) in [4.78, 5) is 16.1. The van der Waals surface area contributed by atoms with Gasteiger partial charge in [-0.05, 0) is 6.92 Å². The van der Waals surface area contributed by atoms with Crippen LogP contribution in [-0.4, -0.2) is 37.3 Å². The van der Waals surface area contributed by atoms with Gasteiger partial charge in [0.1, 0.15) is 19.3 Å². The van der Waals surface area contributed by atoms with Gasteiger partial charge in [-0.1, -0.05) is 11.3 Å². The first-order chi connectivity index (χ1) is 9.67. The predicted molar refractivity (Wildman–Crippen MR) is 75.7 cm³/mol. The summed E-state index contributed by atoms with van der Waals surface area (Å²) in [6.07, 6.45) is -0.512. The van der Waals surface area contributed by atoms with Gasteiger partial charge < -0.3 is 14.2 Å². The van der Waals surface area contributed by atoms with Crippen LogP contribution in [0.25, 0.3) is 10.2 Å². The molecule has 1 amide bonds. The molecule has 1 aromatic carbocycles. The molecule has 1 N–H and O–H groups in total. The molecule has 0 aliphatic carbocycles. The van der Waals surface area contributed by atoms with Crippen molar-refractivity contribution < 1.29 is 19.0 Å². The summed E-state index contributed by atoms with van der Waals surface area (Å²) in [7, 11) is 1.49. The second-order valence-corrected chi connectivity index (χ2v) is 5.38. The van der Waals surface area contributed by atoms with E-state index in [1.54, 1.807) is 6.92 Å². The summed E-state index contributed by atoms with van der Waals surface area (Å²) in [6.45, 7) is 2.77. The van der Waals surface area contributed by atoms with Crippen molar-refractivity contribution in [2.45, 2.75) is 13.0 Å². The fraction of sp³-hybridized carbons (Fsp3) is 0.385. The Morgan fingerprint density at radius 2 is 2.10 bits per heavy atom. The molecule has 0 saturated heterocycles. The number of aromatic nitrogens is 1. The van der Waals surface area contributed by atoms with E-state index in [0.29, 0.717) is 24.1 Å². The summed E-state index contributed by atoms with van der Waals surface area (Å²) in [5.41, 5.74) is 0.777. The summed E-state index contributed by atoms with van der Waals surface area (Å²) in [5, 5.41) is 3.27. The van der Waals surface area contributed by atoms with E-state index in [2.05, 4.69) is 10.3 Å². The number of anilines is 1. The van der Waals surface area contributed by atoms with E-state index in [4.69, 9.17) is 14.2 Å². The summed E-state index contributed by atoms with van der Waals surface area (Å²) < 4.78 is 16.9. The number of benzene rings is 1. The van der Waals surface area contributed by atoms with Gasteiger partial charge in [-0.2, -0.15) is 0 Å². The van der Waals surface area contributed by atoms with Gasteiger partial charge in [0, 0.05) is 19.2 Å². The van der Waals surface area contributed by atoms with Crippen molar-refractivity contribution in [2.75, 3.05) is 25.6 Å². The second-order valence-electron chi connectivity index (χ2n) is 4.35. The first-order valence-electron chi connectivity index (χ1n) is 6.21. The van der Waals surface area contributed by atoms with Crippen LogP contribution in [-0.2, 0) is 9.53 Å². The van der Waals surface area contributed by atoms with E-state index in [-0.39, 0.29) is 5.91 Å². The van der Waals surface area contributed by atoms with Gasteiger partial charge in [0.05, 0.1) is 10.2 Å². The minimum Gasteiger partial charge on any atom is -0.486 e. The molecule has 0 fully saturated rings. The van der Waals surface area contributed by atoms with Crippen LogP contribution < -0.4 is 14.8 Å². The van der Waals surface area contributed by atoms with E-state index < -0.39 is 6.10 Å². The second kappa shape index (κ2) is 5.26. The van der Waals surface area contributed by atoms with Crippen LogP contribution in [0.3, 0.4) is 0 Å². The lowest BCUT2D eigenvalue weighted by atomic mass is 10.3.